The van der Waals surface area contributed by atoms with Gasteiger partial charge < -0.3 is 9.84 Å². The zero-order valence-electron chi connectivity index (χ0n) is 6.86. The molecule has 0 spiro atoms. The number of hydrogen-bond acceptors (Lipinski definition) is 5. The molecule has 0 atom stereocenters. The van der Waals surface area contributed by atoms with Crippen molar-refractivity contribution < 1.29 is 19.6 Å². The summed E-state index contributed by atoms with van der Waals surface area (Å²) in [6.45, 7) is -0.194. The molecule has 0 aromatic carbocycles. The number of carboxylic acids is 1. The number of carboxylic acid groups (broad SMARTS) is 1. The molecule has 2 N–H and O–H groups in total. The van der Waals surface area contributed by atoms with Gasteiger partial charge in [0, 0.05) is 4.92 Å². The number of hydrogen-bond donors (Lipinski definition) is 2. The third kappa shape index (κ3) is 2.63. The van der Waals surface area contributed by atoms with E-state index < -0.39 is 16.4 Å². The van der Waals surface area contributed by atoms with Crippen molar-refractivity contribution in [3.63, 3.8) is 0 Å². The first kappa shape index (κ1) is 9.87. The van der Waals surface area contributed by atoms with Crippen LogP contribution in [-0.4, -0.2) is 47.8 Å². The minimum absolute atomic E-state index is 0.196. The lowest BCUT2D eigenvalue weighted by Gasteiger charge is -2.38. The fourth-order valence-electron chi connectivity index (χ4n) is 1.11. The summed E-state index contributed by atoms with van der Waals surface area (Å²) < 4.78 is 4.81. The highest BCUT2D eigenvalue weighted by Gasteiger charge is 2.43. The van der Waals surface area contributed by atoms with Crippen LogP contribution in [0.15, 0.2) is 0 Å². The van der Waals surface area contributed by atoms with Gasteiger partial charge in [0.15, 0.2) is 0 Å². The van der Waals surface area contributed by atoms with Crippen molar-refractivity contribution in [1.29, 1.82) is 0 Å². The summed E-state index contributed by atoms with van der Waals surface area (Å²) in [4.78, 5) is 19.9. The number of ether oxygens (including phenoxy) is 1. The molecule has 13 heavy (non-hydrogen) atoms. The summed E-state index contributed by atoms with van der Waals surface area (Å²) in [5, 5.41) is 21.2. The third-order valence-electron chi connectivity index (χ3n) is 1.80. The van der Waals surface area contributed by atoms with E-state index in [4.69, 9.17) is 9.84 Å². The summed E-state index contributed by atoms with van der Waals surface area (Å²) in [6.07, 6.45) is 0. The lowest BCUT2D eigenvalue weighted by molar-refractivity contribution is -0.498. The number of nitrogens with zero attached hydrogens (tertiary/aromatic N) is 1. The number of carbonyl (C=O) groups is 1. The van der Waals surface area contributed by atoms with Gasteiger partial charge in [-0.1, -0.05) is 0 Å². The largest absolute Gasteiger partial charge is 0.480 e. The lowest BCUT2D eigenvalue weighted by atomic mass is 9.98. The van der Waals surface area contributed by atoms with Crippen molar-refractivity contribution in [2.24, 2.45) is 0 Å². The second-order valence-corrected chi connectivity index (χ2v) is 3.01. The molecule has 0 radical (unpaired) electrons. The monoisotopic (exact) mass is 190 g/mol. The Kier molecular flexibility index (Phi) is 2.79. The Morgan fingerprint density at radius 1 is 1.69 bits per heavy atom. The summed E-state index contributed by atoms with van der Waals surface area (Å²) in [5.74, 6) is -1.03. The van der Waals surface area contributed by atoms with E-state index in [1.54, 1.807) is 0 Å². The molecule has 7 heteroatoms. The maximum absolute atomic E-state index is 10.2. The van der Waals surface area contributed by atoms with E-state index >= 15 is 0 Å². The van der Waals surface area contributed by atoms with Gasteiger partial charge in [-0.2, -0.15) is 0 Å². The molecule has 0 saturated carbocycles. The third-order valence-corrected chi connectivity index (χ3v) is 1.80. The molecule has 1 rings (SSSR count). The predicted molar refractivity (Wildman–Crippen MR) is 41.0 cm³/mol. The molecule has 0 aliphatic carbocycles. The topological polar surface area (TPSA) is 102 Å². The fraction of sp³-hybridized carbons (Fsp3) is 0.833. The van der Waals surface area contributed by atoms with E-state index in [0.29, 0.717) is 0 Å². The van der Waals surface area contributed by atoms with Crippen LogP contribution < -0.4 is 5.32 Å². The molecule has 1 aliphatic heterocycles. The highest BCUT2D eigenvalue weighted by molar-refractivity contribution is 5.69. The molecule has 1 saturated heterocycles. The maximum atomic E-state index is 10.2. The van der Waals surface area contributed by atoms with Gasteiger partial charge in [-0.05, 0) is 0 Å². The van der Waals surface area contributed by atoms with Crippen LogP contribution in [0, 0.1) is 10.1 Å². The fourth-order valence-corrected chi connectivity index (χ4v) is 1.11. The van der Waals surface area contributed by atoms with Crippen LogP contribution in [0.4, 0.5) is 0 Å². The van der Waals surface area contributed by atoms with Gasteiger partial charge in [-0.15, -0.1) is 0 Å². The van der Waals surface area contributed by atoms with Gasteiger partial charge in [0.2, 0.25) is 6.54 Å². The summed E-state index contributed by atoms with van der Waals surface area (Å²) >= 11 is 0. The second kappa shape index (κ2) is 3.67. The van der Waals surface area contributed by atoms with Crippen LogP contribution in [-0.2, 0) is 9.53 Å². The standard InChI is InChI=1S/C6H10N2O5/c9-5(10)1-7-6(2-8(11)12)3-13-4-6/h7H,1-4H2,(H,9,10). The molecule has 0 aromatic rings. The first-order valence-electron chi connectivity index (χ1n) is 3.70. The van der Waals surface area contributed by atoms with Crippen LogP contribution in [0.2, 0.25) is 0 Å². The van der Waals surface area contributed by atoms with Crippen molar-refractivity contribution in [3.8, 4) is 0 Å². The first-order chi connectivity index (χ1) is 6.04. The van der Waals surface area contributed by atoms with E-state index in [1.165, 1.54) is 0 Å². The van der Waals surface area contributed by atoms with Gasteiger partial charge in [0.1, 0.15) is 5.54 Å². The van der Waals surface area contributed by atoms with E-state index in [0.717, 1.165) is 0 Å². The molecule has 0 bridgehead atoms. The van der Waals surface area contributed by atoms with Crippen molar-refractivity contribution in [1.82, 2.24) is 5.32 Å². The molecule has 0 unspecified atom stereocenters. The molecule has 1 aliphatic rings. The lowest BCUT2D eigenvalue weighted by Crippen LogP contribution is -2.65. The average Bonchev–Trinajstić information content (AvgIpc) is 1.93. The van der Waals surface area contributed by atoms with Gasteiger partial charge >= 0.3 is 5.97 Å². The zero-order chi connectivity index (χ0) is 9.90. The number of nitrogens with one attached hydrogen (secondary N) is 1. The molecule has 0 aromatic heterocycles. The van der Waals surface area contributed by atoms with Crippen molar-refractivity contribution in [2.45, 2.75) is 5.54 Å². The van der Waals surface area contributed by atoms with Gasteiger partial charge in [-0.25, -0.2) is 0 Å². The summed E-state index contributed by atoms with van der Waals surface area (Å²) in [6, 6.07) is 0. The van der Waals surface area contributed by atoms with E-state index in [-0.39, 0.29) is 26.3 Å². The minimum Gasteiger partial charge on any atom is -0.480 e. The summed E-state index contributed by atoms with van der Waals surface area (Å²) in [7, 11) is 0. The number of aliphatic carboxylic acids is 1. The zero-order valence-corrected chi connectivity index (χ0v) is 6.86. The molecule has 1 heterocycles. The van der Waals surface area contributed by atoms with Crippen LogP contribution in [0.25, 0.3) is 0 Å². The Morgan fingerprint density at radius 3 is 2.62 bits per heavy atom. The van der Waals surface area contributed by atoms with Crippen LogP contribution in [0.3, 0.4) is 0 Å². The van der Waals surface area contributed by atoms with Crippen molar-refractivity contribution in [3.05, 3.63) is 10.1 Å². The van der Waals surface area contributed by atoms with Gasteiger partial charge in [-0.3, -0.25) is 20.2 Å². The quantitative estimate of drug-likeness (QED) is 0.413. The Bertz CT molecular complexity index is 225. The minimum atomic E-state index is -1.03. The summed E-state index contributed by atoms with van der Waals surface area (Å²) in [5.41, 5.74) is -0.776. The highest BCUT2D eigenvalue weighted by Crippen LogP contribution is 2.16. The Hall–Kier alpha value is -1.21. The first-order valence-corrected chi connectivity index (χ1v) is 3.70. The average molecular weight is 190 g/mol. The molecular formula is C6H10N2O5. The van der Waals surface area contributed by atoms with Crippen molar-refractivity contribution >= 4 is 5.97 Å². The molecule has 1 fully saturated rings. The van der Waals surface area contributed by atoms with Crippen LogP contribution >= 0.6 is 0 Å². The molecular weight excluding hydrogens is 180 g/mol. The van der Waals surface area contributed by atoms with Crippen LogP contribution in [0.1, 0.15) is 0 Å². The van der Waals surface area contributed by atoms with E-state index in [9.17, 15) is 14.9 Å². The normalized spacial score (nSPS) is 19.1. The Labute approximate surface area is 73.8 Å². The van der Waals surface area contributed by atoms with Crippen LogP contribution in [0.5, 0.6) is 0 Å². The second-order valence-electron chi connectivity index (χ2n) is 3.01. The van der Waals surface area contributed by atoms with Gasteiger partial charge in [0.25, 0.3) is 0 Å². The Balaban J connectivity index is 2.40. The molecule has 0 amide bonds. The van der Waals surface area contributed by atoms with E-state index in [1.807, 2.05) is 0 Å². The maximum Gasteiger partial charge on any atom is 0.317 e. The number of rotatable bonds is 5. The smallest absolute Gasteiger partial charge is 0.317 e. The van der Waals surface area contributed by atoms with E-state index in [2.05, 4.69) is 5.32 Å². The SMILES string of the molecule is O=C(O)CNC1(C[N+](=O)[O-])COC1. The van der Waals surface area contributed by atoms with Gasteiger partial charge in [0.05, 0.1) is 19.8 Å². The Morgan fingerprint density at radius 2 is 2.31 bits per heavy atom. The predicted octanol–water partition coefficient (Wildman–Crippen LogP) is -1.29. The molecule has 7 nitrogen and oxygen atoms in total. The number of nitro groups is 1. The molecule has 74 valence electrons. The highest BCUT2D eigenvalue weighted by atomic mass is 16.6. The van der Waals surface area contributed by atoms with Crippen molar-refractivity contribution in [2.75, 3.05) is 26.3 Å².